The van der Waals surface area contributed by atoms with E-state index in [1.54, 1.807) is 42.6 Å². The first-order chi connectivity index (χ1) is 17.7. The van der Waals surface area contributed by atoms with E-state index in [1.807, 2.05) is 31.2 Å². The van der Waals surface area contributed by atoms with E-state index in [0.29, 0.717) is 11.4 Å². The van der Waals surface area contributed by atoms with Crippen molar-refractivity contribution in [3.8, 4) is 5.75 Å². The molecule has 0 spiro atoms. The Hall–Kier alpha value is -4.35. The summed E-state index contributed by atoms with van der Waals surface area (Å²) in [5.74, 6) is -0.105. The van der Waals surface area contributed by atoms with Crippen LogP contribution in [-0.4, -0.2) is 38.5 Å². The van der Waals surface area contributed by atoms with Crippen molar-refractivity contribution >= 4 is 38.6 Å². The van der Waals surface area contributed by atoms with Gasteiger partial charge in [-0.25, -0.2) is 18.6 Å². The molecule has 192 valence electrons. The fraction of sp³-hybridized carbons (Fsp3) is 0.154. The summed E-state index contributed by atoms with van der Waals surface area (Å²) in [6, 6.07) is 18.5. The quantitative estimate of drug-likeness (QED) is 0.226. The number of urea groups is 1. The molecule has 5 N–H and O–H groups in total. The van der Waals surface area contributed by atoms with Crippen LogP contribution in [0.25, 0.3) is 10.9 Å². The number of benzene rings is 3. The average Bonchev–Trinajstić information content (AvgIpc) is 3.30. The molecule has 0 aliphatic carbocycles. The zero-order valence-corrected chi connectivity index (χ0v) is 21.1. The maximum Gasteiger partial charge on any atom is 0.337 e. The molecule has 3 aromatic carbocycles. The fourth-order valence-electron chi connectivity index (χ4n) is 3.72. The number of para-hydroxylation sites is 1. The zero-order chi connectivity index (χ0) is 26.4. The maximum atomic E-state index is 13.1. The van der Waals surface area contributed by atoms with Gasteiger partial charge in [0.1, 0.15) is 11.8 Å². The molecule has 0 aliphatic heterocycles. The first kappa shape index (κ1) is 25.7. The van der Waals surface area contributed by atoms with E-state index in [-0.39, 0.29) is 11.3 Å². The van der Waals surface area contributed by atoms with Crippen LogP contribution in [0.3, 0.4) is 0 Å². The number of aromatic nitrogens is 1. The van der Waals surface area contributed by atoms with Gasteiger partial charge in [0.15, 0.2) is 0 Å². The van der Waals surface area contributed by atoms with Gasteiger partial charge in [-0.05, 0) is 61.4 Å². The van der Waals surface area contributed by atoms with Gasteiger partial charge in [0.05, 0.1) is 12.0 Å². The lowest BCUT2D eigenvalue weighted by Gasteiger charge is -2.19. The van der Waals surface area contributed by atoms with E-state index >= 15 is 0 Å². The number of methoxy groups -OCH3 is 1. The third kappa shape index (κ3) is 6.46. The van der Waals surface area contributed by atoms with Gasteiger partial charge in [-0.2, -0.15) is 4.72 Å². The van der Waals surface area contributed by atoms with E-state index in [1.165, 1.54) is 19.2 Å². The summed E-state index contributed by atoms with van der Waals surface area (Å²) in [5, 5.41) is 3.43. The molecule has 37 heavy (non-hydrogen) atoms. The average molecular weight is 522 g/mol. The number of anilines is 1. The third-order valence-corrected chi connectivity index (χ3v) is 7.18. The Kier molecular flexibility index (Phi) is 7.75. The number of aryl methyl sites for hydroxylation is 1. The Labute approximate surface area is 214 Å². The largest absolute Gasteiger partial charge is 0.497 e. The summed E-state index contributed by atoms with van der Waals surface area (Å²) < 4.78 is 33.7. The highest BCUT2D eigenvalue weighted by Gasteiger charge is 2.27. The van der Waals surface area contributed by atoms with Crippen LogP contribution >= 0.6 is 0 Å². The number of rotatable bonds is 8. The summed E-state index contributed by atoms with van der Waals surface area (Å²) in [6.07, 6.45) is 1.78. The van der Waals surface area contributed by atoms with Crippen molar-refractivity contribution in [3.63, 3.8) is 0 Å². The number of hydrazine groups is 1. The maximum absolute atomic E-state index is 13.1. The van der Waals surface area contributed by atoms with Crippen molar-refractivity contribution in [3.05, 3.63) is 90.1 Å². The van der Waals surface area contributed by atoms with Crippen LogP contribution in [0.15, 0.2) is 83.9 Å². The number of ether oxygens (including phenoxy) is 1. The summed E-state index contributed by atoms with van der Waals surface area (Å²) in [5.41, 5.74) is 7.55. The lowest BCUT2D eigenvalue weighted by molar-refractivity contribution is -0.123. The van der Waals surface area contributed by atoms with Crippen molar-refractivity contribution in [1.82, 2.24) is 20.6 Å². The molecule has 0 saturated carbocycles. The van der Waals surface area contributed by atoms with Crippen LogP contribution in [0.4, 0.5) is 10.5 Å². The second-order valence-corrected chi connectivity index (χ2v) is 10.1. The van der Waals surface area contributed by atoms with Gasteiger partial charge in [-0.15, -0.1) is 0 Å². The monoisotopic (exact) mass is 521 g/mol. The van der Waals surface area contributed by atoms with Crippen LogP contribution in [-0.2, 0) is 21.2 Å². The second-order valence-electron chi connectivity index (χ2n) is 8.35. The molecule has 1 aromatic heterocycles. The minimum absolute atomic E-state index is 0.0278. The lowest BCUT2D eigenvalue weighted by Crippen LogP contribution is -2.53. The second kappa shape index (κ2) is 11.1. The first-order valence-corrected chi connectivity index (χ1v) is 12.9. The standard InChI is InChI=1S/C26H27N5O5S/c1-17-7-13-21(14-8-17)37(34,35)31-24(15-18-16-27-23-6-4-3-5-22(18)23)25(32)29-30-26(33)28-19-9-11-20(36-2)12-10-19/h3-14,16,24,27,31H,15H2,1-2H3,(H,29,32)(H2,28,30,33)/t24-/m0/s1. The van der Waals surface area contributed by atoms with E-state index in [2.05, 4.69) is 25.9 Å². The van der Waals surface area contributed by atoms with Gasteiger partial charge in [-0.3, -0.25) is 10.2 Å². The molecule has 0 radical (unpaired) electrons. The molecular weight excluding hydrogens is 494 g/mol. The highest BCUT2D eigenvalue weighted by atomic mass is 32.2. The Morgan fingerprint density at radius 2 is 1.65 bits per heavy atom. The number of aromatic amines is 1. The van der Waals surface area contributed by atoms with Crippen LogP contribution in [0.2, 0.25) is 0 Å². The smallest absolute Gasteiger partial charge is 0.337 e. The third-order valence-electron chi connectivity index (χ3n) is 5.69. The highest BCUT2D eigenvalue weighted by Crippen LogP contribution is 2.20. The number of sulfonamides is 1. The molecule has 0 fully saturated rings. The highest BCUT2D eigenvalue weighted by molar-refractivity contribution is 7.89. The van der Waals surface area contributed by atoms with Crippen LogP contribution in [0.1, 0.15) is 11.1 Å². The minimum Gasteiger partial charge on any atom is -0.497 e. The van der Waals surface area contributed by atoms with Crippen molar-refractivity contribution in [2.75, 3.05) is 12.4 Å². The molecule has 1 heterocycles. The minimum atomic E-state index is -4.03. The van der Waals surface area contributed by atoms with Crippen molar-refractivity contribution in [1.29, 1.82) is 0 Å². The van der Waals surface area contributed by atoms with Crippen molar-refractivity contribution in [2.45, 2.75) is 24.3 Å². The number of fused-ring (bicyclic) bond motifs is 1. The number of amides is 3. The van der Waals surface area contributed by atoms with Gasteiger partial charge in [0.25, 0.3) is 5.91 Å². The van der Waals surface area contributed by atoms with Gasteiger partial charge < -0.3 is 15.0 Å². The van der Waals surface area contributed by atoms with Crippen LogP contribution < -0.4 is 25.6 Å². The molecule has 3 amide bonds. The van der Waals surface area contributed by atoms with E-state index in [0.717, 1.165) is 22.0 Å². The Balaban J connectivity index is 1.49. The Morgan fingerprint density at radius 3 is 2.35 bits per heavy atom. The van der Waals surface area contributed by atoms with Crippen LogP contribution in [0, 0.1) is 6.92 Å². The molecule has 0 unspecified atom stereocenters. The fourth-order valence-corrected chi connectivity index (χ4v) is 4.92. The van der Waals surface area contributed by atoms with Gasteiger partial charge in [0.2, 0.25) is 10.0 Å². The van der Waals surface area contributed by atoms with Gasteiger partial charge >= 0.3 is 6.03 Å². The molecule has 0 saturated heterocycles. The predicted octanol–water partition coefficient (Wildman–Crippen LogP) is 3.23. The molecule has 1 atom stereocenters. The molecule has 0 bridgehead atoms. The van der Waals surface area contributed by atoms with E-state index in [9.17, 15) is 18.0 Å². The summed E-state index contributed by atoms with van der Waals surface area (Å²) in [4.78, 5) is 28.6. The molecule has 11 heteroatoms. The molecular formula is C26H27N5O5S. The number of hydrogen-bond donors (Lipinski definition) is 5. The topological polar surface area (TPSA) is 141 Å². The predicted molar refractivity (Wildman–Crippen MR) is 141 cm³/mol. The number of carbonyl (C=O) groups is 2. The zero-order valence-electron chi connectivity index (χ0n) is 20.2. The van der Waals surface area contributed by atoms with Gasteiger partial charge in [0, 0.05) is 22.8 Å². The first-order valence-electron chi connectivity index (χ1n) is 11.4. The number of hydrogen-bond acceptors (Lipinski definition) is 5. The van der Waals surface area contributed by atoms with E-state index in [4.69, 9.17) is 4.74 Å². The summed E-state index contributed by atoms with van der Waals surface area (Å²) in [7, 11) is -2.50. The lowest BCUT2D eigenvalue weighted by atomic mass is 10.1. The van der Waals surface area contributed by atoms with E-state index < -0.39 is 28.0 Å². The number of H-pyrrole nitrogens is 1. The molecule has 0 aliphatic rings. The summed E-state index contributed by atoms with van der Waals surface area (Å²) in [6.45, 7) is 1.85. The van der Waals surface area contributed by atoms with Crippen LogP contribution in [0.5, 0.6) is 5.75 Å². The summed E-state index contributed by atoms with van der Waals surface area (Å²) >= 11 is 0. The van der Waals surface area contributed by atoms with Gasteiger partial charge in [-0.1, -0.05) is 35.9 Å². The van der Waals surface area contributed by atoms with Crippen molar-refractivity contribution < 1.29 is 22.7 Å². The molecule has 4 aromatic rings. The van der Waals surface area contributed by atoms with Crippen molar-refractivity contribution in [2.24, 2.45) is 0 Å². The SMILES string of the molecule is COc1ccc(NC(=O)NNC(=O)[C@H](Cc2c[nH]c3ccccc23)NS(=O)(=O)c2ccc(C)cc2)cc1. The number of carbonyl (C=O) groups excluding carboxylic acids is 2. The number of nitrogens with one attached hydrogen (secondary N) is 5. The Bertz CT molecular complexity index is 1500. The normalized spacial score (nSPS) is 12.1. The Morgan fingerprint density at radius 1 is 0.946 bits per heavy atom. The molecule has 4 rings (SSSR count). The molecule has 10 nitrogen and oxygen atoms in total.